The second kappa shape index (κ2) is 4.78. The highest BCUT2D eigenvalue weighted by atomic mass is 16.5. The molecule has 1 atom stereocenters. The molecule has 0 fully saturated rings. The Balaban J connectivity index is 2.10. The van der Waals surface area contributed by atoms with Crippen LogP contribution in [0.2, 0.25) is 0 Å². The summed E-state index contributed by atoms with van der Waals surface area (Å²) in [5.74, 6) is 0.547. The number of ether oxygens (including phenoxy) is 1. The largest absolute Gasteiger partial charge is 0.478 e. The quantitative estimate of drug-likeness (QED) is 0.784. The van der Waals surface area contributed by atoms with Gasteiger partial charge in [-0.2, -0.15) is 0 Å². The van der Waals surface area contributed by atoms with Crippen molar-refractivity contribution in [1.29, 1.82) is 0 Å². The molecule has 16 heavy (non-hydrogen) atoms. The molecule has 1 amide bonds. The number of aromatic nitrogens is 1. The fourth-order valence-electron chi connectivity index (χ4n) is 1.61. The Hall–Kier alpha value is -1.85. The zero-order valence-corrected chi connectivity index (χ0v) is 8.76. The summed E-state index contributed by atoms with van der Waals surface area (Å²) in [5, 5.41) is 0. The molecule has 6 nitrogen and oxygen atoms in total. The van der Waals surface area contributed by atoms with Gasteiger partial charge in [-0.3, -0.25) is 9.79 Å². The van der Waals surface area contributed by atoms with Crippen molar-refractivity contribution in [2.24, 2.45) is 10.7 Å². The number of amides is 1. The van der Waals surface area contributed by atoms with Crippen LogP contribution >= 0.6 is 0 Å². The number of carbonyl (C=O) groups excluding carboxylic acids is 1. The Labute approximate surface area is 92.5 Å². The normalized spacial score (nSPS) is 16.6. The molecule has 0 aliphatic carbocycles. The minimum atomic E-state index is -0.352. The van der Waals surface area contributed by atoms with Crippen LogP contribution in [0.15, 0.2) is 21.9 Å². The number of primary amides is 1. The van der Waals surface area contributed by atoms with Gasteiger partial charge in [0.1, 0.15) is 18.8 Å². The Bertz CT molecular complexity index is 386. The summed E-state index contributed by atoms with van der Waals surface area (Å²) in [5.41, 5.74) is 5.12. The molecule has 0 saturated heterocycles. The lowest BCUT2D eigenvalue weighted by atomic mass is 10.0. The molecule has 2 heterocycles. The number of hydrogen-bond donors (Lipinski definition) is 1. The van der Waals surface area contributed by atoms with Crippen molar-refractivity contribution in [3.63, 3.8) is 0 Å². The van der Waals surface area contributed by atoms with Gasteiger partial charge < -0.3 is 14.9 Å². The van der Waals surface area contributed by atoms with E-state index in [1.807, 2.05) is 0 Å². The zero-order chi connectivity index (χ0) is 11.4. The molecule has 2 N–H and O–H groups in total. The van der Waals surface area contributed by atoms with Crippen LogP contribution in [0.3, 0.4) is 0 Å². The van der Waals surface area contributed by atoms with E-state index in [-0.39, 0.29) is 18.2 Å². The summed E-state index contributed by atoms with van der Waals surface area (Å²) in [4.78, 5) is 19.1. The lowest BCUT2D eigenvalue weighted by Crippen LogP contribution is -2.18. The van der Waals surface area contributed by atoms with E-state index in [9.17, 15) is 4.79 Å². The van der Waals surface area contributed by atoms with Crippen LogP contribution in [0.1, 0.15) is 24.7 Å². The zero-order valence-electron chi connectivity index (χ0n) is 8.76. The number of aliphatic imine (C=N–C) groups is 1. The monoisotopic (exact) mass is 223 g/mol. The van der Waals surface area contributed by atoms with E-state index in [4.69, 9.17) is 14.9 Å². The highest BCUT2D eigenvalue weighted by Gasteiger charge is 2.26. The molecule has 1 aromatic heterocycles. The summed E-state index contributed by atoms with van der Waals surface area (Å²) >= 11 is 0. The van der Waals surface area contributed by atoms with Crippen LogP contribution < -0.4 is 5.73 Å². The highest BCUT2D eigenvalue weighted by Crippen LogP contribution is 2.23. The Morgan fingerprint density at radius 2 is 2.50 bits per heavy atom. The van der Waals surface area contributed by atoms with Gasteiger partial charge >= 0.3 is 0 Å². The summed E-state index contributed by atoms with van der Waals surface area (Å²) in [6, 6.07) is 0. The number of carbonyl (C=O) groups is 1. The number of nitrogens with two attached hydrogens (primary N) is 1. The smallest absolute Gasteiger partial charge is 0.217 e. The van der Waals surface area contributed by atoms with Crippen LogP contribution in [0, 0.1) is 0 Å². The molecule has 0 saturated carbocycles. The Morgan fingerprint density at radius 1 is 1.62 bits per heavy atom. The van der Waals surface area contributed by atoms with Gasteiger partial charge in [-0.25, -0.2) is 4.98 Å². The predicted molar refractivity (Wildman–Crippen MR) is 55.9 cm³/mol. The topological polar surface area (TPSA) is 90.7 Å². The van der Waals surface area contributed by atoms with Crippen molar-refractivity contribution in [1.82, 2.24) is 4.98 Å². The first-order chi connectivity index (χ1) is 7.77. The van der Waals surface area contributed by atoms with Gasteiger partial charge in [-0.1, -0.05) is 0 Å². The summed E-state index contributed by atoms with van der Waals surface area (Å²) in [6.45, 7) is 1.21. The average Bonchev–Trinajstić information content (AvgIpc) is 2.88. The van der Waals surface area contributed by atoms with Gasteiger partial charge in [0.25, 0.3) is 0 Å². The van der Waals surface area contributed by atoms with Gasteiger partial charge in [0.05, 0.1) is 12.7 Å². The van der Waals surface area contributed by atoms with Crippen LogP contribution in [0.25, 0.3) is 0 Å². The van der Waals surface area contributed by atoms with Crippen LogP contribution in [0.4, 0.5) is 0 Å². The van der Waals surface area contributed by atoms with E-state index in [1.54, 1.807) is 6.20 Å². The molecular formula is C10H13N3O3. The predicted octanol–water partition coefficient (Wildman–Crippen LogP) is 0.452. The van der Waals surface area contributed by atoms with Gasteiger partial charge in [0.2, 0.25) is 11.8 Å². The maximum atomic E-state index is 10.8. The number of oxazole rings is 1. The third-order valence-corrected chi connectivity index (χ3v) is 2.34. The van der Waals surface area contributed by atoms with Gasteiger partial charge in [-0.05, 0) is 6.42 Å². The van der Waals surface area contributed by atoms with Crippen molar-refractivity contribution in [2.75, 3.05) is 13.2 Å². The minimum absolute atomic E-state index is 0.204. The first kappa shape index (κ1) is 10.7. The van der Waals surface area contributed by atoms with Crippen LogP contribution in [-0.2, 0) is 9.53 Å². The fourth-order valence-corrected chi connectivity index (χ4v) is 1.61. The molecule has 0 aromatic carbocycles. The van der Waals surface area contributed by atoms with Gasteiger partial charge in [0, 0.05) is 6.42 Å². The molecular weight excluding hydrogens is 210 g/mol. The first-order valence-corrected chi connectivity index (χ1v) is 5.12. The van der Waals surface area contributed by atoms with E-state index in [0.29, 0.717) is 31.4 Å². The number of nitrogens with zero attached hydrogens (tertiary/aromatic N) is 2. The van der Waals surface area contributed by atoms with E-state index >= 15 is 0 Å². The van der Waals surface area contributed by atoms with Crippen molar-refractivity contribution < 1.29 is 13.9 Å². The molecule has 0 unspecified atom stereocenters. The lowest BCUT2D eigenvalue weighted by molar-refractivity contribution is -0.118. The minimum Gasteiger partial charge on any atom is -0.478 e. The molecule has 1 aliphatic rings. The van der Waals surface area contributed by atoms with Gasteiger partial charge in [-0.15, -0.1) is 0 Å². The fraction of sp³-hybridized carbons (Fsp3) is 0.500. The van der Waals surface area contributed by atoms with Crippen molar-refractivity contribution in [3.8, 4) is 0 Å². The second-order valence-electron chi connectivity index (χ2n) is 3.50. The molecule has 1 aliphatic heterocycles. The van der Waals surface area contributed by atoms with E-state index in [1.165, 1.54) is 6.26 Å². The molecule has 1 aromatic rings. The molecule has 0 radical (unpaired) electrons. The van der Waals surface area contributed by atoms with Crippen molar-refractivity contribution >= 4 is 11.8 Å². The summed E-state index contributed by atoms with van der Waals surface area (Å²) < 4.78 is 10.6. The third kappa shape index (κ3) is 2.39. The first-order valence-electron chi connectivity index (χ1n) is 5.12. The Morgan fingerprint density at radius 3 is 3.06 bits per heavy atom. The number of hydrogen-bond acceptors (Lipinski definition) is 5. The van der Waals surface area contributed by atoms with Crippen molar-refractivity contribution in [3.05, 3.63) is 18.4 Å². The lowest BCUT2D eigenvalue weighted by Gasteiger charge is -2.11. The maximum Gasteiger partial charge on any atom is 0.217 e. The van der Waals surface area contributed by atoms with E-state index in [2.05, 4.69) is 9.98 Å². The standard InChI is InChI=1S/C10H13N3O3/c11-8(14)2-1-7(9-12-3-5-15-9)10-13-4-6-16-10/h3,5,7H,1-2,4,6H2,(H2,11,14)/t7-/m0/s1. The Kier molecular flexibility index (Phi) is 3.19. The van der Waals surface area contributed by atoms with Crippen LogP contribution in [-0.4, -0.2) is 29.9 Å². The molecule has 6 heteroatoms. The highest BCUT2D eigenvalue weighted by molar-refractivity contribution is 5.84. The molecule has 86 valence electrons. The molecule has 2 rings (SSSR count). The molecule has 0 bridgehead atoms. The third-order valence-electron chi connectivity index (χ3n) is 2.34. The summed E-state index contributed by atoms with van der Waals surface area (Å²) in [7, 11) is 0. The van der Waals surface area contributed by atoms with Crippen LogP contribution in [0.5, 0.6) is 0 Å². The maximum absolute atomic E-state index is 10.8. The molecule has 0 spiro atoms. The SMILES string of the molecule is NC(=O)CC[C@H](C1=NCCO1)c1ncco1. The van der Waals surface area contributed by atoms with Crippen molar-refractivity contribution in [2.45, 2.75) is 18.8 Å². The summed E-state index contributed by atoms with van der Waals surface area (Å²) in [6.07, 6.45) is 3.81. The van der Waals surface area contributed by atoms with Gasteiger partial charge in [0.15, 0.2) is 5.90 Å². The number of rotatable bonds is 5. The second-order valence-corrected chi connectivity index (χ2v) is 3.50. The average molecular weight is 223 g/mol. The van der Waals surface area contributed by atoms with E-state index in [0.717, 1.165) is 0 Å². The van der Waals surface area contributed by atoms with E-state index < -0.39 is 0 Å².